The van der Waals surface area contributed by atoms with E-state index >= 15 is 0 Å². The van der Waals surface area contributed by atoms with Crippen LogP contribution in [0.1, 0.15) is 24.1 Å². The molecule has 0 saturated heterocycles. The van der Waals surface area contributed by atoms with E-state index in [-0.39, 0.29) is 0 Å². The molecule has 64 valence electrons. The van der Waals surface area contributed by atoms with Crippen LogP contribution in [0.15, 0.2) is 22.7 Å². The molecule has 1 N–H and O–H groups in total. The summed E-state index contributed by atoms with van der Waals surface area (Å²) in [6, 6.07) is 7.06. The van der Waals surface area contributed by atoms with Crippen LogP contribution in [-0.4, -0.2) is 6.54 Å². The van der Waals surface area contributed by atoms with E-state index in [2.05, 4.69) is 46.4 Å². The van der Waals surface area contributed by atoms with Gasteiger partial charge in [-0.2, -0.15) is 0 Å². The average molecular weight is 226 g/mol. The normalized spacial score (nSPS) is 22.0. The van der Waals surface area contributed by atoms with E-state index in [1.807, 2.05) is 0 Å². The van der Waals surface area contributed by atoms with Crippen molar-refractivity contribution in [2.45, 2.75) is 19.4 Å². The van der Waals surface area contributed by atoms with Gasteiger partial charge in [0.05, 0.1) is 0 Å². The molecule has 0 amide bonds. The van der Waals surface area contributed by atoms with Crippen LogP contribution in [0.25, 0.3) is 0 Å². The van der Waals surface area contributed by atoms with Crippen LogP contribution in [0.3, 0.4) is 0 Å². The Morgan fingerprint density at radius 3 is 3.17 bits per heavy atom. The molecule has 1 aromatic carbocycles. The molecule has 1 aliphatic rings. The van der Waals surface area contributed by atoms with Gasteiger partial charge in [0.2, 0.25) is 0 Å². The molecule has 0 unspecified atom stereocenters. The molecular formula is C10H12BrN. The van der Waals surface area contributed by atoms with Crippen LogP contribution < -0.4 is 5.32 Å². The van der Waals surface area contributed by atoms with Gasteiger partial charge in [0.1, 0.15) is 0 Å². The molecular weight excluding hydrogens is 214 g/mol. The molecule has 1 atom stereocenters. The molecule has 0 fully saturated rings. The Bertz CT molecular complexity index is 296. The van der Waals surface area contributed by atoms with Crippen molar-refractivity contribution < 1.29 is 0 Å². The van der Waals surface area contributed by atoms with E-state index in [1.54, 1.807) is 0 Å². The minimum Gasteiger partial charge on any atom is -0.310 e. The smallest absolute Gasteiger partial charge is 0.0295 e. The highest BCUT2D eigenvalue weighted by molar-refractivity contribution is 9.10. The number of benzene rings is 1. The van der Waals surface area contributed by atoms with Gasteiger partial charge >= 0.3 is 0 Å². The van der Waals surface area contributed by atoms with Crippen molar-refractivity contribution >= 4 is 15.9 Å². The zero-order valence-corrected chi connectivity index (χ0v) is 8.69. The lowest BCUT2D eigenvalue weighted by Gasteiger charge is -2.23. The summed E-state index contributed by atoms with van der Waals surface area (Å²) in [5, 5.41) is 3.44. The highest BCUT2D eigenvalue weighted by Crippen LogP contribution is 2.25. The summed E-state index contributed by atoms with van der Waals surface area (Å²) in [7, 11) is 0. The SMILES string of the molecule is C[C@H]1NCCc2ccc(Br)cc21. The standard InChI is InChI=1S/C10H12BrN/c1-7-10-6-9(11)3-2-8(10)4-5-12-7/h2-3,6-7,12H,4-5H2,1H3/t7-/m1/s1. The van der Waals surface area contributed by atoms with E-state index < -0.39 is 0 Å². The van der Waals surface area contributed by atoms with Crippen molar-refractivity contribution in [1.82, 2.24) is 5.32 Å². The molecule has 1 heterocycles. The Morgan fingerprint density at radius 1 is 1.50 bits per heavy atom. The lowest BCUT2D eigenvalue weighted by Crippen LogP contribution is -2.27. The van der Waals surface area contributed by atoms with Crippen molar-refractivity contribution in [3.8, 4) is 0 Å². The molecule has 0 saturated carbocycles. The number of nitrogens with one attached hydrogen (secondary N) is 1. The van der Waals surface area contributed by atoms with Crippen LogP contribution in [0.4, 0.5) is 0 Å². The number of halogens is 1. The third kappa shape index (κ3) is 1.41. The second-order valence-electron chi connectivity index (χ2n) is 3.27. The maximum absolute atomic E-state index is 3.49. The monoisotopic (exact) mass is 225 g/mol. The summed E-state index contributed by atoms with van der Waals surface area (Å²) in [4.78, 5) is 0. The molecule has 1 aromatic rings. The van der Waals surface area contributed by atoms with Crippen molar-refractivity contribution in [3.63, 3.8) is 0 Å². The first kappa shape index (κ1) is 8.27. The van der Waals surface area contributed by atoms with Gasteiger partial charge in [0, 0.05) is 10.5 Å². The predicted molar refractivity (Wildman–Crippen MR) is 54.3 cm³/mol. The van der Waals surface area contributed by atoms with Gasteiger partial charge in [-0.15, -0.1) is 0 Å². The first-order chi connectivity index (χ1) is 5.77. The maximum Gasteiger partial charge on any atom is 0.0295 e. The quantitative estimate of drug-likeness (QED) is 0.717. The fourth-order valence-corrected chi connectivity index (χ4v) is 2.11. The van der Waals surface area contributed by atoms with Crippen molar-refractivity contribution in [2.24, 2.45) is 0 Å². The second-order valence-corrected chi connectivity index (χ2v) is 4.18. The topological polar surface area (TPSA) is 12.0 Å². The fraction of sp³-hybridized carbons (Fsp3) is 0.400. The number of rotatable bonds is 0. The third-order valence-electron chi connectivity index (χ3n) is 2.42. The van der Waals surface area contributed by atoms with Gasteiger partial charge in [-0.3, -0.25) is 0 Å². The van der Waals surface area contributed by atoms with Crippen LogP contribution >= 0.6 is 15.9 Å². The van der Waals surface area contributed by atoms with Crippen LogP contribution in [0.2, 0.25) is 0 Å². The van der Waals surface area contributed by atoms with E-state index in [0.29, 0.717) is 6.04 Å². The third-order valence-corrected chi connectivity index (χ3v) is 2.91. The van der Waals surface area contributed by atoms with Crippen molar-refractivity contribution in [2.75, 3.05) is 6.54 Å². The Kier molecular flexibility index (Phi) is 2.20. The lowest BCUT2D eigenvalue weighted by atomic mass is 9.96. The molecule has 2 rings (SSSR count). The van der Waals surface area contributed by atoms with Crippen LogP contribution in [0, 0.1) is 0 Å². The number of hydrogen-bond acceptors (Lipinski definition) is 1. The summed E-state index contributed by atoms with van der Waals surface area (Å²) < 4.78 is 1.18. The summed E-state index contributed by atoms with van der Waals surface area (Å²) in [5.74, 6) is 0. The largest absolute Gasteiger partial charge is 0.310 e. The summed E-state index contributed by atoms with van der Waals surface area (Å²) >= 11 is 3.49. The first-order valence-electron chi connectivity index (χ1n) is 4.29. The average Bonchev–Trinajstić information content (AvgIpc) is 2.07. The Hall–Kier alpha value is -0.340. The molecule has 0 aromatic heterocycles. The second kappa shape index (κ2) is 3.19. The summed E-state index contributed by atoms with van der Waals surface area (Å²) in [6.07, 6.45) is 1.16. The van der Waals surface area contributed by atoms with Crippen LogP contribution in [0.5, 0.6) is 0 Å². The minimum atomic E-state index is 0.506. The Morgan fingerprint density at radius 2 is 2.33 bits per heavy atom. The zero-order valence-electron chi connectivity index (χ0n) is 7.10. The van der Waals surface area contributed by atoms with Gasteiger partial charge in [-0.25, -0.2) is 0 Å². The minimum absolute atomic E-state index is 0.506. The predicted octanol–water partition coefficient (Wildman–Crippen LogP) is 2.66. The van der Waals surface area contributed by atoms with Crippen molar-refractivity contribution in [3.05, 3.63) is 33.8 Å². The molecule has 0 aliphatic carbocycles. The van der Waals surface area contributed by atoms with E-state index in [9.17, 15) is 0 Å². The van der Waals surface area contributed by atoms with E-state index in [4.69, 9.17) is 0 Å². The Balaban J connectivity index is 2.47. The highest BCUT2D eigenvalue weighted by Gasteiger charge is 2.14. The number of fused-ring (bicyclic) bond motifs is 1. The first-order valence-corrected chi connectivity index (χ1v) is 5.08. The van der Waals surface area contributed by atoms with Crippen LogP contribution in [-0.2, 0) is 6.42 Å². The van der Waals surface area contributed by atoms with E-state index in [0.717, 1.165) is 13.0 Å². The lowest BCUT2D eigenvalue weighted by molar-refractivity contribution is 0.540. The zero-order chi connectivity index (χ0) is 8.55. The van der Waals surface area contributed by atoms with Crippen molar-refractivity contribution in [1.29, 1.82) is 0 Å². The van der Waals surface area contributed by atoms with Gasteiger partial charge in [0.25, 0.3) is 0 Å². The molecule has 1 nitrogen and oxygen atoms in total. The highest BCUT2D eigenvalue weighted by atomic mass is 79.9. The van der Waals surface area contributed by atoms with Gasteiger partial charge in [-0.1, -0.05) is 22.0 Å². The molecule has 1 aliphatic heterocycles. The maximum atomic E-state index is 3.49. The molecule has 0 radical (unpaired) electrons. The van der Waals surface area contributed by atoms with Gasteiger partial charge in [0.15, 0.2) is 0 Å². The molecule has 2 heteroatoms. The molecule has 12 heavy (non-hydrogen) atoms. The summed E-state index contributed by atoms with van der Waals surface area (Å²) in [6.45, 7) is 3.32. The fourth-order valence-electron chi connectivity index (χ4n) is 1.73. The number of hydrogen-bond donors (Lipinski definition) is 1. The Labute approximate surface area is 81.3 Å². The van der Waals surface area contributed by atoms with E-state index in [1.165, 1.54) is 15.6 Å². The van der Waals surface area contributed by atoms with Gasteiger partial charge in [-0.05, 0) is 43.1 Å². The van der Waals surface area contributed by atoms with Gasteiger partial charge < -0.3 is 5.32 Å². The summed E-state index contributed by atoms with van der Waals surface area (Å²) in [5.41, 5.74) is 2.93. The molecule has 0 spiro atoms. The molecule has 0 bridgehead atoms.